The normalized spacial score (nSPS) is 12.0. The molecule has 0 aromatic rings. The number of hydrogen-bond acceptors (Lipinski definition) is 7. The molecule has 0 bridgehead atoms. The summed E-state index contributed by atoms with van der Waals surface area (Å²) in [6.07, 6.45) is -1.89. The summed E-state index contributed by atoms with van der Waals surface area (Å²) < 4.78 is 15.3. The van der Waals surface area contributed by atoms with E-state index in [0.717, 1.165) is 0 Å². The number of imide groups is 1. The summed E-state index contributed by atoms with van der Waals surface area (Å²) in [5.74, 6) is 0. The predicted molar refractivity (Wildman–Crippen MR) is 80.1 cm³/mol. The molecule has 2 N–H and O–H groups in total. The average Bonchev–Trinajstić information content (AvgIpc) is 2.28. The van der Waals surface area contributed by atoms with Gasteiger partial charge >= 0.3 is 12.2 Å². The maximum absolute atomic E-state index is 12.0. The third-order valence-electron chi connectivity index (χ3n) is 1.83. The Bertz CT molecular complexity index is 331. The number of ether oxygens (including phenoxy) is 3. The second kappa shape index (κ2) is 8.92. The Kier molecular flexibility index (Phi) is 8.36. The lowest BCUT2D eigenvalue weighted by atomic mass is 10.2. The van der Waals surface area contributed by atoms with Crippen molar-refractivity contribution in [1.29, 1.82) is 0 Å². The molecule has 0 aliphatic rings. The first-order valence-electron chi connectivity index (χ1n) is 7.13. The van der Waals surface area contributed by atoms with Gasteiger partial charge in [0.15, 0.2) is 0 Å². The predicted octanol–water partition coefficient (Wildman–Crippen LogP) is 2.07. The standard InChI is InChI=1S/C14H28N2O6/c1-13(2,3)21-11(17)16(12(18)22-14(4,5)6)20-10-9-19-8-7-15/h7-10,15H2,1-6H3. The van der Waals surface area contributed by atoms with Gasteiger partial charge in [-0.15, -0.1) is 0 Å². The van der Waals surface area contributed by atoms with Crippen molar-refractivity contribution in [2.45, 2.75) is 52.7 Å². The second-order valence-electron chi connectivity index (χ2n) is 6.49. The Morgan fingerprint density at radius 1 is 0.864 bits per heavy atom. The Morgan fingerprint density at radius 3 is 1.68 bits per heavy atom. The largest absolute Gasteiger partial charge is 0.444 e. The number of carbonyl (C=O) groups excluding carboxylic acids is 2. The minimum Gasteiger partial charge on any atom is -0.442 e. The number of hydrogen-bond donors (Lipinski definition) is 1. The lowest BCUT2D eigenvalue weighted by Gasteiger charge is -2.27. The van der Waals surface area contributed by atoms with E-state index in [2.05, 4.69) is 0 Å². The molecule has 0 aliphatic carbocycles. The number of carbonyl (C=O) groups is 2. The lowest BCUT2D eigenvalue weighted by Crippen LogP contribution is -2.44. The molecule has 0 aromatic heterocycles. The maximum Gasteiger partial charge on any atom is 0.444 e. The van der Waals surface area contributed by atoms with Gasteiger partial charge < -0.3 is 19.9 Å². The third kappa shape index (κ3) is 10.4. The van der Waals surface area contributed by atoms with Crippen LogP contribution in [0.2, 0.25) is 0 Å². The molecule has 0 rings (SSSR count). The van der Waals surface area contributed by atoms with Crippen LogP contribution in [0.15, 0.2) is 0 Å². The van der Waals surface area contributed by atoms with Crippen LogP contribution < -0.4 is 5.73 Å². The fourth-order valence-corrected chi connectivity index (χ4v) is 1.16. The molecule has 0 saturated heterocycles. The molecular formula is C14H28N2O6. The molecule has 0 radical (unpaired) electrons. The summed E-state index contributed by atoms with van der Waals surface area (Å²) in [6.45, 7) is 11.0. The van der Waals surface area contributed by atoms with Crippen LogP contribution >= 0.6 is 0 Å². The highest BCUT2D eigenvalue weighted by Gasteiger charge is 2.32. The molecule has 0 spiro atoms. The Balaban J connectivity index is 4.69. The van der Waals surface area contributed by atoms with Crippen LogP contribution in [0.3, 0.4) is 0 Å². The number of hydroxylamine groups is 2. The summed E-state index contributed by atoms with van der Waals surface area (Å²) in [5.41, 5.74) is 3.75. The van der Waals surface area contributed by atoms with E-state index >= 15 is 0 Å². The van der Waals surface area contributed by atoms with Crippen molar-refractivity contribution >= 4 is 12.2 Å². The number of amides is 2. The molecule has 0 atom stereocenters. The molecule has 130 valence electrons. The van der Waals surface area contributed by atoms with E-state index < -0.39 is 23.4 Å². The maximum atomic E-state index is 12.0. The third-order valence-corrected chi connectivity index (χ3v) is 1.83. The Hall–Kier alpha value is -1.38. The van der Waals surface area contributed by atoms with Crippen LogP contribution in [0.5, 0.6) is 0 Å². The van der Waals surface area contributed by atoms with E-state index in [9.17, 15) is 9.59 Å². The van der Waals surface area contributed by atoms with Crippen LogP contribution in [0.1, 0.15) is 41.5 Å². The molecule has 0 saturated carbocycles. The van der Waals surface area contributed by atoms with Crippen molar-refractivity contribution in [3.05, 3.63) is 0 Å². The topological polar surface area (TPSA) is 100 Å². The van der Waals surface area contributed by atoms with E-state index in [1.165, 1.54) is 0 Å². The fraction of sp³-hybridized carbons (Fsp3) is 0.857. The fourth-order valence-electron chi connectivity index (χ4n) is 1.16. The zero-order chi connectivity index (χ0) is 17.4. The zero-order valence-corrected chi connectivity index (χ0v) is 14.3. The van der Waals surface area contributed by atoms with E-state index in [1.54, 1.807) is 41.5 Å². The van der Waals surface area contributed by atoms with Crippen LogP contribution in [0.4, 0.5) is 9.59 Å². The molecule has 2 amide bonds. The summed E-state index contributed by atoms with van der Waals surface area (Å²) in [4.78, 5) is 29.2. The van der Waals surface area contributed by atoms with Crippen molar-refractivity contribution in [1.82, 2.24) is 5.06 Å². The molecule has 8 heteroatoms. The highest BCUT2D eigenvalue weighted by molar-refractivity contribution is 5.86. The molecular weight excluding hydrogens is 292 g/mol. The molecule has 0 aliphatic heterocycles. The molecule has 8 nitrogen and oxygen atoms in total. The van der Waals surface area contributed by atoms with Crippen LogP contribution in [-0.2, 0) is 19.0 Å². The van der Waals surface area contributed by atoms with Crippen LogP contribution in [-0.4, -0.2) is 54.8 Å². The first-order chi connectivity index (χ1) is 9.96. The molecule has 0 aromatic carbocycles. The van der Waals surface area contributed by atoms with E-state index in [4.69, 9.17) is 24.8 Å². The average molecular weight is 320 g/mol. The van der Waals surface area contributed by atoms with Gasteiger partial charge in [-0.3, -0.25) is 4.84 Å². The first kappa shape index (κ1) is 20.6. The highest BCUT2D eigenvalue weighted by atomic mass is 16.8. The number of nitrogens with two attached hydrogens (primary N) is 1. The van der Waals surface area contributed by atoms with Gasteiger partial charge in [-0.1, -0.05) is 5.06 Å². The van der Waals surface area contributed by atoms with E-state index in [-0.39, 0.29) is 13.2 Å². The van der Waals surface area contributed by atoms with Gasteiger partial charge in [0.25, 0.3) is 0 Å². The van der Waals surface area contributed by atoms with E-state index in [0.29, 0.717) is 18.2 Å². The van der Waals surface area contributed by atoms with Crippen molar-refractivity contribution in [3.63, 3.8) is 0 Å². The smallest absolute Gasteiger partial charge is 0.442 e. The zero-order valence-electron chi connectivity index (χ0n) is 14.3. The lowest BCUT2D eigenvalue weighted by molar-refractivity contribution is -0.147. The highest BCUT2D eigenvalue weighted by Crippen LogP contribution is 2.14. The molecule has 0 unspecified atom stereocenters. The van der Waals surface area contributed by atoms with E-state index in [1.807, 2.05) is 0 Å². The van der Waals surface area contributed by atoms with Gasteiger partial charge in [0.2, 0.25) is 0 Å². The SMILES string of the molecule is CC(C)(C)OC(=O)N(OCCOCCN)C(=O)OC(C)(C)C. The summed E-state index contributed by atoms with van der Waals surface area (Å²) >= 11 is 0. The van der Waals surface area contributed by atoms with Gasteiger partial charge in [-0.25, -0.2) is 9.59 Å². The van der Waals surface area contributed by atoms with Gasteiger partial charge in [0, 0.05) is 6.54 Å². The van der Waals surface area contributed by atoms with Gasteiger partial charge in [0.05, 0.1) is 19.8 Å². The first-order valence-corrected chi connectivity index (χ1v) is 7.13. The van der Waals surface area contributed by atoms with Gasteiger partial charge in [-0.2, -0.15) is 0 Å². The summed E-state index contributed by atoms with van der Waals surface area (Å²) in [6, 6.07) is 0. The summed E-state index contributed by atoms with van der Waals surface area (Å²) in [7, 11) is 0. The van der Waals surface area contributed by atoms with Crippen LogP contribution in [0.25, 0.3) is 0 Å². The molecule has 0 heterocycles. The van der Waals surface area contributed by atoms with Gasteiger partial charge in [0.1, 0.15) is 11.2 Å². The van der Waals surface area contributed by atoms with Crippen molar-refractivity contribution in [2.75, 3.05) is 26.4 Å². The monoisotopic (exact) mass is 320 g/mol. The minimum absolute atomic E-state index is 0.0154. The number of rotatable bonds is 6. The van der Waals surface area contributed by atoms with Crippen molar-refractivity contribution < 1.29 is 28.6 Å². The van der Waals surface area contributed by atoms with Crippen molar-refractivity contribution in [3.8, 4) is 0 Å². The van der Waals surface area contributed by atoms with Gasteiger partial charge in [-0.05, 0) is 41.5 Å². The molecule has 0 fully saturated rings. The Labute approximate surface area is 131 Å². The summed E-state index contributed by atoms with van der Waals surface area (Å²) in [5, 5.41) is 0.461. The minimum atomic E-state index is -0.944. The quantitative estimate of drug-likeness (QED) is 0.590. The second-order valence-corrected chi connectivity index (χ2v) is 6.49. The Morgan fingerprint density at radius 2 is 1.32 bits per heavy atom. The van der Waals surface area contributed by atoms with Crippen LogP contribution in [0, 0.1) is 0 Å². The number of nitrogens with zero attached hydrogens (tertiary/aromatic N) is 1. The van der Waals surface area contributed by atoms with Crippen molar-refractivity contribution in [2.24, 2.45) is 5.73 Å². The molecule has 22 heavy (non-hydrogen) atoms.